The molecule has 0 saturated carbocycles. The fourth-order valence-electron chi connectivity index (χ4n) is 5.50. The van der Waals surface area contributed by atoms with E-state index in [1.165, 1.54) is 12.7 Å². The number of piperidine rings is 1. The first-order valence-corrected chi connectivity index (χ1v) is 12.8. The van der Waals surface area contributed by atoms with Crippen LogP contribution in [-0.2, 0) is 0 Å². The molecule has 0 aliphatic carbocycles. The zero-order chi connectivity index (χ0) is 25.7. The Morgan fingerprint density at radius 3 is 2.68 bits per heavy atom. The van der Waals surface area contributed by atoms with Gasteiger partial charge in [-0.25, -0.2) is 14.4 Å². The van der Waals surface area contributed by atoms with Crippen LogP contribution in [-0.4, -0.2) is 71.8 Å². The van der Waals surface area contributed by atoms with Crippen LogP contribution in [0.5, 0.6) is 5.75 Å². The molecule has 3 fully saturated rings. The molecule has 3 aliphatic rings. The van der Waals surface area contributed by atoms with Crippen LogP contribution < -0.4 is 20.3 Å². The smallest absolute Gasteiger partial charge is 0.156 e. The maximum Gasteiger partial charge on any atom is 0.156 e. The number of benzene rings is 2. The van der Waals surface area contributed by atoms with Crippen molar-refractivity contribution in [1.82, 2.24) is 25.2 Å². The number of halogens is 1. The van der Waals surface area contributed by atoms with Crippen molar-refractivity contribution in [2.75, 3.05) is 43.9 Å². The molecule has 0 spiro atoms. The Labute approximate surface area is 215 Å². The van der Waals surface area contributed by atoms with Gasteiger partial charge < -0.3 is 25.2 Å². The van der Waals surface area contributed by atoms with Gasteiger partial charge in [0.1, 0.15) is 24.0 Å². The second-order valence-electron chi connectivity index (χ2n) is 10.6. The normalized spacial score (nSPS) is 19.8. The van der Waals surface area contributed by atoms with E-state index < -0.39 is 0 Å². The van der Waals surface area contributed by atoms with Crippen LogP contribution in [0.4, 0.5) is 21.6 Å². The second-order valence-corrected chi connectivity index (χ2v) is 10.6. The Hall–Kier alpha value is -3.56. The lowest BCUT2D eigenvalue weighted by Crippen LogP contribution is -2.67. The van der Waals surface area contributed by atoms with Crippen molar-refractivity contribution in [3.63, 3.8) is 0 Å². The monoisotopic (exact) mass is 501 g/mol. The van der Waals surface area contributed by atoms with Crippen molar-refractivity contribution in [3.8, 4) is 5.75 Å². The van der Waals surface area contributed by atoms with E-state index in [9.17, 15) is 0 Å². The molecule has 0 amide bonds. The lowest BCUT2D eigenvalue weighted by molar-refractivity contribution is 0.179. The molecular weight excluding hydrogens is 469 g/mol. The van der Waals surface area contributed by atoms with Gasteiger partial charge in [0, 0.05) is 55.1 Å². The number of fused-ring (bicyclic) bond motifs is 4. The maximum atomic E-state index is 15.5. The van der Waals surface area contributed by atoms with Gasteiger partial charge in [-0.1, -0.05) is 0 Å². The van der Waals surface area contributed by atoms with Crippen LogP contribution in [0.3, 0.4) is 0 Å². The van der Waals surface area contributed by atoms with Gasteiger partial charge in [0.2, 0.25) is 0 Å². The minimum atomic E-state index is -0.361. The third-order valence-corrected chi connectivity index (χ3v) is 7.11. The highest BCUT2D eigenvalue weighted by Gasteiger charge is 2.36. The number of hydrogen-bond acceptors (Lipinski definition) is 8. The molecule has 4 aromatic rings. The number of aryl methyl sites for hydroxylation is 1. The molecule has 3 atom stereocenters. The molecule has 0 radical (unpaired) electrons. The van der Waals surface area contributed by atoms with Crippen LogP contribution >= 0.6 is 0 Å². The average Bonchev–Trinajstić information content (AvgIpc) is 2.85. The molecule has 8 nitrogen and oxygen atoms in total. The van der Waals surface area contributed by atoms with Crippen molar-refractivity contribution in [2.45, 2.75) is 38.5 Å². The summed E-state index contributed by atoms with van der Waals surface area (Å²) in [6, 6.07) is 10.5. The third kappa shape index (κ3) is 4.65. The van der Waals surface area contributed by atoms with Crippen molar-refractivity contribution < 1.29 is 9.13 Å². The number of piperazine rings is 1. The second kappa shape index (κ2) is 9.39. The maximum absolute atomic E-state index is 15.5. The average molecular weight is 502 g/mol. The summed E-state index contributed by atoms with van der Waals surface area (Å²) in [6.45, 7) is 6.63. The summed E-state index contributed by atoms with van der Waals surface area (Å²) in [7, 11) is 4.05. The van der Waals surface area contributed by atoms with Crippen LogP contribution in [0.15, 0.2) is 42.9 Å². The summed E-state index contributed by atoms with van der Waals surface area (Å²) >= 11 is 0. The summed E-state index contributed by atoms with van der Waals surface area (Å²) in [5.41, 5.74) is 3.69. The van der Waals surface area contributed by atoms with Crippen molar-refractivity contribution in [2.24, 2.45) is 0 Å². The van der Waals surface area contributed by atoms with Crippen LogP contribution in [0.2, 0.25) is 0 Å². The zero-order valence-corrected chi connectivity index (χ0v) is 21.6. The molecular formula is C28H32FN7O. The molecule has 5 heterocycles. The Balaban J connectivity index is 1.42. The number of aromatic nitrogens is 3. The van der Waals surface area contributed by atoms with E-state index in [2.05, 4.69) is 47.5 Å². The summed E-state index contributed by atoms with van der Waals surface area (Å²) in [5, 5.41) is 8.02. The van der Waals surface area contributed by atoms with E-state index in [4.69, 9.17) is 4.74 Å². The minimum Gasteiger partial charge on any atom is -0.488 e. The highest BCUT2D eigenvalue weighted by atomic mass is 19.1. The Kier molecular flexibility index (Phi) is 6.04. The van der Waals surface area contributed by atoms with E-state index in [0.717, 1.165) is 41.8 Å². The van der Waals surface area contributed by atoms with E-state index in [1.54, 1.807) is 12.3 Å². The zero-order valence-electron chi connectivity index (χ0n) is 21.6. The van der Waals surface area contributed by atoms with Gasteiger partial charge in [-0.3, -0.25) is 4.98 Å². The SMILES string of the molecule is Cc1cnc2ccc(Nc3ncnc4cc(N5CC6CC(C5)N6)cc(O[C@H](C)CN(C)C)c34)c(F)c2c1. The predicted molar refractivity (Wildman–Crippen MR) is 145 cm³/mol. The number of anilines is 3. The lowest BCUT2D eigenvalue weighted by atomic mass is 9.91. The Morgan fingerprint density at radius 2 is 1.92 bits per heavy atom. The molecule has 3 aliphatic heterocycles. The van der Waals surface area contributed by atoms with Gasteiger partial charge in [-0.15, -0.1) is 0 Å². The molecule has 9 heteroatoms. The predicted octanol–water partition coefficient (Wildman–Crippen LogP) is 4.25. The molecule has 37 heavy (non-hydrogen) atoms. The number of likely N-dealkylation sites (N-methyl/N-ethyl adjacent to an activating group) is 1. The van der Waals surface area contributed by atoms with E-state index in [-0.39, 0.29) is 11.9 Å². The fraction of sp³-hybridized carbons (Fsp3) is 0.393. The number of pyridine rings is 1. The first-order chi connectivity index (χ1) is 17.8. The molecule has 2 aromatic heterocycles. The minimum absolute atomic E-state index is 0.0654. The molecule has 3 saturated heterocycles. The fourth-order valence-corrected chi connectivity index (χ4v) is 5.50. The summed E-state index contributed by atoms with van der Waals surface area (Å²) < 4.78 is 22.0. The molecule has 2 bridgehead atoms. The molecule has 2 unspecified atom stereocenters. The first kappa shape index (κ1) is 23.8. The van der Waals surface area contributed by atoms with Gasteiger partial charge in [-0.2, -0.15) is 0 Å². The van der Waals surface area contributed by atoms with Crippen LogP contribution in [0.1, 0.15) is 18.9 Å². The quantitative estimate of drug-likeness (QED) is 0.389. The van der Waals surface area contributed by atoms with E-state index in [1.807, 2.05) is 40.1 Å². The molecule has 2 N–H and O–H groups in total. The number of ether oxygens (including phenoxy) is 1. The van der Waals surface area contributed by atoms with Gasteiger partial charge in [0.15, 0.2) is 5.82 Å². The van der Waals surface area contributed by atoms with Gasteiger partial charge in [0.05, 0.1) is 22.1 Å². The van der Waals surface area contributed by atoms with Crippen molar-refractivity contribution in [3.05, 3.63) is 54.2 Å². The molecule has 2 aromatic carbocycles. The van der Waals surface area contributed by atoms with Crippen LogP contribution in [0, 0.1) is 12.7 Å². The summed E-state index contributed by atoms with van der Waals surface area (Å²) in [4.78, 5) is 17.9. The first-order valence-electron chi connectivity index (χ1n) is 12.8. The third-order valence-electron chi connectivity index (χ3n) is 7.11. The standard InChI is InChI=1S/C28H32FN7O/c1-16-7-21-22(30-11-16)5-6-23(27(21)29)34-28-26-24(31-15-32-28)9-20(36-13-18-8-19(14-36)33-18)10-25(26)37-17(2)12-35(3)4/h5-7,9-11,15,17-19,33H,8,12-14H2,1-4H3,(H,31,32,34)/t17-,18?,19?/m1/s1. The number of nitrogens with one attached hydrogen (secondary N) is 2. The largest absolute Gasteiger partial charge is 0.488 e. The summed E-state index contributed by atoms with van der Waals surface area (Å²) in [5.74, 6) is 0.835. The lowest BCUT2D eigenvalue weighted by Gasteiger charge is -2.49. The van der Waals surface area contributed by atoms with Gasteiger partial charge in [-0.05, 0) is 64.2 Å². The summed E-state index contributed by atoms with van der Waals surface area (Å²) in [6.07, 6.45) is 4.42. The number of nitrogens with zero attached hydrogens (tertiary/aromatic N) is 5. The number of rotatable bonds is 7. The van der Waals surface area contributed by atoms with Gasteiger partial charge >= 0.3 is 0 Å². The molecule has 7 rings (SSSR count). The van der Waals surface area contributed by atoms with Crippen molar-refractivity contribution >= 4 is 39.0 Å². The highest BCUT2D eigenvalue weighted by molar-refractivity contribution is 5.98. The van der Waals surface area contributed by atoms with Crippen LogP contribution in [0.25, 0.3) is 21.8 Å². The van der Waals surface area contributed by atoms with Crippen molar-refractivity contribution in [1.29, 1.82) is 0 Å². The molecule has 192 valence electrons. The Morgan fingerprint density at radius 1 is 1.14 bits per heavy atom. The Bertz CT molecular complexity index is 1460. The van der Waals surface area contributed by atoms with E-state index in [0.29, 0.717) is 40.2 Å². The highest BCUT2D eigenvalue weighted by Crippen LogP contribution is 2.38. The van der Waals surface area contributed by atoms with Gasteiger partial charge in [0.25, 0.3) is 0 Å². The number of hydrogen-bond donors (Lipinski definition) is 2. The topological polar surface area (TPSA) is 78.4 Å². The van der Waals surface area contributed by atoms with E-state index >= 15 is 4.39 Å².